The summed E-state index contributed by atoms with van der Waals surface area (Å²) in [7, 11) is 0. The van der Waals surface area contributed by atoms with Crippen molar-refractivity contribution in [3.8, 4) is 0 Å². The molecule has 1 aromatic heterocycles. The van der Waals surface area contributed by atoms with Crippen molar-refractivity contribution in [1.82, 2.24) is 15.6 Å². The molecule has 1 amide bonds. The van der Waals surface area contributed by atoms with Gasteiger partial charge >= 0.3 is 0 Å². The zero-order valence-electron chi connectivity index (χ0n) is 13.8. The van der Waals surface area contributed by atoms with Crippen LogP contribution < -0.4 is 16.0 Å². The number of hydrogen-bond acceptors (Lipinski definition) is 3. The second-order valence-electron chi connectivity index (χ2n) is 5.61. The average Bonchev–Trinajstić information content (AvgIpc) is 3.31. The number of anilines is 1. The smallest absolute Gasteiger partial charge is 0.227 e. The van der Waals surface area contributed by atoms with Gasteiger partial charge in [-0.15, -0.1) is 24.0 Å². The van der Waals surface area contributed by atoms with Crippen LogP contribution in [0.5, 0.6) is 0 Å². The van der Waals surface area contributed by atoms with Gasteiger partial charge in [0.05, 0.1) is 0 Å². The second kappa shape index (κ2) is 10.4. The van der Waals surface area contributed by atoms with Crippen molar-refractivity contribution >= 4 is 41.7 Å². The Morgan fingerprint density at radius 1 is 1.35 bits per heavy atom. The highest BCUT2D eigenvalue weighted by Crippen LogP contribution is 2.28. The molecule has 1 heterocycles. The maximum absolute atomic E-state index is 11.9. The number of amides is 1. The first kappa shape index (κ1) is 19.7. The van der Waals surface area contributed by atoms with Crippen LogP contribution in [0.4, 0.5) is 5.82 Å². The third-order valence-electron chi connectivity index (χ3n) is 3.37. The summed E-state index contributed by atoms with van der Waals surface area (Å²) >= 11 is 0. The van der Waals surface area contributed by atoms with Gasteiger partial charge in [-0.05, 0) is 44.2 Å². The number of pyridine rings is 1. The lowest BCUT2D eigenvalue weighted by Gasteiger charge is -2.11. The molecule has 1 fully saturated rings. The largest absolute Gasteiger partial charge is 0.357 e. The number of carbonyl (C=O) groups is 1. The number of aromatic nitrogens is 1. The van der Waals surface area contributed by atoms with E-state index in [4.69, 9.17) is 0 Å². The summed E-state index contributed by atoms with van der Waals surface area (Å²) in [6.07, 6.45) is 4.69. The van der Waals surface area contributed by atoms with Crippen LogP contribution >= 0.6 is 24.0 Å². The average molecular weight is 431 g/mol. The molecule has 0 unspecified atom stereocenters. The van der Waals surface area contributed by atoms with E-state index in [1.807, 2.05) is 26.0 Å². The third-order valence-corrected chi connectivity index (χ3v) is 3.37. The fraction of sp³-hybridized carbons (Fsp3) is 0.562. The van der Waals surface area contributed by atoms with Gasteiger partial charge in [-0.2, -0.15) is 0 Å². The second-order valence-corrected chi connectivity index (χ2v) is 5.61. The van der Waals surface area contributed by atoms with E-state index in [1.54, 1.807) is 6.20 Å². The number of rotatable bonds is 7. The van der Waals surface area contributed by atoms with Crippen LogP contribution in [-0.2, 0) is 4.79 Å². The molecule has 0 saturated heterocycles. The summed E-state index contributed by atoms with van der Waals surface area (Å²) < 4.78 is 0. The lowest BCUT2D eigenvalue weighted by Crippen LogP contribution is -2.38. The van der Waals surface area contributed by atoms with E-state index in [9.17, 15) is 4.79 Å². The first-order chi connectivity index (χ1) is 10.7. The van der Waals surface area contributed by atoms with E-state index in [0.717, 1.165) is 30.5 Å². The summed E-state index contributed by atoms with van der Waals surface area (Å²) in [6, 6.07) is 3.73. The van der Waals surface area contributed by atoms with Crippen molar-refractivity contribution in [1.29, 1.82) is 0 Å². The van der Waals surface area contributed by atoms with Gasteiger partial charge in [0.15, 0.2) is 5.96 Å². The van der Waals surface area contributed by atoms with Gasteiger partial charge < -0.3 is 16.0 Å². The first-order valence-electron chi connectivity index (χ1n) is 7.92. The molecule has 0 atom stereocenters. The lowest BCUT2D eigenvalue weighted by molar-refractivity contribution is -0.116. The monoisotopic (exact) mass is 431 g/mol. The quantitative estimate of drug-likeness (QED) is 0.352. The summed E-state index contributed by atoms with van der Waals surface area (Å²) in [6.45, 7) is 6.23. The Morgan fingerprint density at radius 2 is 2.13 bits per heavy atom. The zero-order valence-corrected chi connectivity index (χ0v) is 16.1. The molecule has 1 aliphatic carbocycles. The number of halogens is 1. The molecule has 0 spiro atoms. The highest BCUT2D eigenvalue weighted by molar-refractivity contribution is 14.0. The molecule has 1 saturated carbocycles. The van der Waals surface area contributed by atoms with Crippen molar-refractivity contribution < 1.29 is 4.79 Å². The van der Waals surface area contributed by atoms with Crippen molar-refractivity contribution in [3.63, 3.8) is 0 Å². The molecule has 0 aliphatic heterocycles. The topological polar surface area (TPSA) is 78.4 Å². The molecule has 2 rings (SSSR count). The van der Waals surface area contributed by atoms with E-state index >= 15 is 0 Å². The van der Waals surface area contributed by atoms with E-state index in [2.05, 4.69) is 25.9 Å². The Labute approximate surface area is 155 Å². The van der Waals surface area contributed by atoms with Gasteiger partial charge in [0.1, 0.15) is 5.82 Å². The summed E-state index contributed by atoms with van der Waals surface area (Å²) in [5.74, 6) is 2.08. The first-order valence-corrected chi connectivity index (χ1v) is 7.92. The summed E-state index contributed by atoms with van der Waals surface area (Å²) in [5.41, 5.74) is 1.07. The molecular weight excluding hydrogens is 405 g/mol. The van der Waals surface area contributed by atoms with Crippen LogP contribution in [0.2, 0.25) is 0 Å². The van der Waals surface area contributed by atoms with E-state index in [0.29, 0.717) is 18.8 Å². The fourth-order valence-corrected chi connectivity index (χ4v) is 1.90. The molecule has 3 N–H and O–H groups in total. The van der Waals surface area contributed by atoms with Crippen LogP contribution in [-0.4, -0.2) is 36.5 Å². The van der Waals surface area contributed by atoms with Crippen LogP contribution in [0.15, 0.2) is 23.3 Å². The van der Waals surface area contributed by atoms with Crippen molar-refractivity contribution in [2.45, 2.75) is 33.1 Å². The minimum absolute atomic E-state index is 0. The van der Waals surface area contributed by atoms with Crippen molar-refractivity contribution in [2.75, 3.05) is 25.0 Å². The Balaban J connectivity index is 0.00000264. The Hall–Kier alpha value is -1.38. The molecule has 1 aromatic rings. The van der Waals surface area contributed by atoms with Crippen LogP contribution in [0.1, 0.15) is 31.7 Å². The van der Waals surface area contributed by atoms with Gasteiger partial charge in [-0.25, -0.2) is 4.98 Å². The molecule has 0 aromatic carbocycles. The molecule has 0 radical (unpaired) electrons. The number of nitrogens with one attached hydrogen (secondary N) is 3. The standard InChI is InChI=1S/C16H25N5O.HI/c1-3-17-16(20-11-13-5-6-13)18-9-8-15(22)21-14-7-4-12(2)10-19-14;/h4,7,10,13H,3,5-6,8-9,11H2,1-2H3,(H2,17,18,20)(H,19,21,22);1H. The molecular formula is C16H26IN5O. The minimum atomic E-state index is -0.0538. The Bertz CT molecular complexity index is 514. The number of guanidine groups is 1. The SMILES string of the molecule is CCNC(=NCC1CC1)NCCC(=O)Nc1ccc(C)cn1.I. The fourth-order valence-electron chi connectivity index (χ4n) is 1.90. The lowest BCUT2D eigenvalue weighted by atomic mass is 10.3. The van der Waals surface area contributed by atoms with Crippen LogP contribution in [0.3, 0.4) is 0 Å². The number of carbonyl (C=O) groups excluding carboxylic acids is 1. The van der Waals surface area contributed by atoms with E-state index in [-0.39, 0.29) is 29.9 Å². The number of aryl methyl sites for hydroxylation is 1. The van der Waals surface area contributed by atoms with E-state index < -0.39 is 0 Å². The maximum atomic E-state index is 11.9. The Kier molecular flexibility index (Phi) is 8.90. The van der Waals surface area contributed by atoms with Crippen molar-refractivity contribution in [2.24, 2.45) is 10.9 Å². The molecule has 7 heteroatoms. The van der Waals surface area contributed by atoms with Crippen LogP contribution in [0.25, 0.3) is 0 Å². The highest BCUT2D eigenvalue weighted by Gasteiger charge is 2.20. The third kappa shape index (κ3) is 8.15. The molecule has 6 nitrogen and oxygen atoms in total. The number of hydrogen-bond donors (Lipinski definition) is 3. The summed E-state index contributed by atoms with van der Waals surface area (Å²) in [4.78, 5) is 20.5. The maximum Gasteiger partial charge on any atom is 0.227 e. The molecule has 0 bridgehead atoms. The Morgan fingerprint density at radius 3 is 2.74 bits per heavy atom. The predicted octanol–water partition coefficient (Wildman–Crippen LogP) is 2.30. The van der Waals surface area contributed by atoms with Gasteiger partial charge in [0.25, 0.3) is 0 Å². The number of nitrogens with zero attached hydrogens (tertiary/aromatic N) is 2. The zero-order chi connectivity index (χ0) is 15.8. The van der Waals surface area contributed by atoms with Crippen LogP contribution in [0, 0.1) is 12.8 Å². The minimum Gasteiger partial charge on any atom is -0.357 e. The molecule has 1 aliphatic rings. The number of aliphatic imine (C=N–C) groups is 1. The molecule has 128 valence electrons. The van der Waals surface area contributed by atoms with Gasteiger partial charge in [0, 0.05) is 32.3 Å². The van der Waals surface area contributed by atoms with E-state index in [1.165, 1.54) is 12.8 Å². The summed E-state index contributed by atoms with van der Waals surface area (Å²) in [5, 5.41) is 9.16. The normalized spacial score (nSPS) is 13.9. The van der Waals surface area contributed by atoms with Gasteiger partial charge in [-0.1, -0.05) is 6.07 Å². The van der Waals surface area contributed by atoms with Gasteiger partial charge in [-0.3, -0.25) is 9.79 Å². The highest BCUT2D eigenvalue weighted by atomic mass is 127. The van der Waals surface area contributed by atoms with Crippen molar-refractivity contribution in [3.05, 3.63) is 23.9 Å². The predicted molar refractivity (Wildman–Crippen MR) is 104 cm³/mol. The van der Waals surface area contributed by atoms with Gasteiger partial charge in [0.2, 0.25) is 5.91 Å². The molecule has 23 heavy (non-hydrogen) atoms.